The predicted molar refractivity (Wildman–Crippen MR) is 112 cm³/mol. The summed E-state index contributed by atoms with van der Waals surface area (Å²) in [6.45, 7) is 1.75. The first-order chi connectivity index (χ1) is 11.5. The van der Waals surface area contributed by atoms with Gasteiger partial charge in [0.25, 0.3) is 0 Å². The normalized spacial score (nSPS) is 26.1. The second kappa shape index (κ2) is 8.69. The Kier molecular flexibility index (Phi) is 7.59. The van der Waals surface area contributed by atoms with E-state index >= 15 is 0 Å². The Morgan fingerprint density at radius 3 is 2.08 bits per heavy atom. The van der Waals surface area contributed by atoms with E-state index in [1.165, 1.54) is 18.4 Å². The molecule has 2 N–H and O–H groups in total. The predicted octanol–water partition coefficient (Wildman–Crippen LogP) is 6.44. The zero-order valence-corrected chi connectivity index (χ0v) is 18.3. The molecule has 1 amide bonds. The van der Waals surface area contributed by atoms with Crippen LogP contribution in [0, 0.1) is 5.92 Å². The average molecular weight is 467 g/mol. The van der Waals surface area contributed by atoms with Gasteiger partial charge >= 0.3 is 59.6 Å². The van der Waals surface area contributed by atoms with Gasteiger partial charge in [0.1, 0.15) is 0 Å². The van der Waals surface area contributed by atoms with Gasteiger partial charge < -0.3 is 10.6 Å². The maximum atomic E-state index is 12.3. The zero-order chi connectivity index (χ0) is 18.7. The van der Waals surface area contributed by atoms with Gasteiger partial charge in [0.05, 0.1) is 6.04 Å². The monoisotopic (exact) mass is 464 g/mol. The summed E-state index contributed by atoms with van der Waals surface area (Å²) in [5, 5.41) is 0. The molecule has 1 aliphatic heterocycles. The number of nitrogens with zero attached hydrogens (tertiary/aromatic N) is 1. The summed E-state index contributed by atoms with van der Waals surface area (Å²) in [5.41, 5.74) is 7.35. The van der Waals surface area contributed by atoms with Crippen LogP contribution in [-0.4, -0.2) is 29.9 Å². The molecule has 1 aromatic rings. The van der Waals surface area contributed by atoms with E-state index in [1.807, 2.05) is 11.0 Å². The Morgan fingerprint density at radius 2 is 1.56 bits per heavy atom. The number of hydrogen-bond acceptors (Lipinski definition) is 2. The second-order valence-electron chi connectivity index (χ2n) is 6.62. The molecule has 1 saturated carbocycles. The van der Waals surface area contributed by atoms with Gasteiger partial charge in [-0.1, -0.05) is 30.3 Å². The van der Waals surface area contributed by atoms with Gasteiger partial charge in [-0.2, -0.15) is 0 Å². The number of hydrogen-bond donors (Lipinski definition) is 1. The summed E-state index contributed by atoms with van der Waals surface area (Å²) in [5.74, 6) is 1.33. The largest absolute Gasteiger partial charge is 0.340 e. The number of halogens is 5. The molecule has 9 heteroatoms. The van der Waals surface area contributed by atoms with Crippen LogP contribution in [0.1, 0.15) is 37.2 Å². The molecule has 0 unspecified atom stereocenters. The van der Waals surface area contributed by atoms with E-state index < -0.39 is 3.37 Å². The van der Waals surface area contributed by atoms with Crippen LogP contribution < -0.4 is 5.73 Å². The van der Waals surface area contributed by atoms with Gasteiger partial charge in [0, 0.05) is 19.0 Å². The van der Waals surface area contributed by atoms with Crippen molar-refractivity contribution in [3.63, 3.8) is 0 Å². The van der Waals surface area contributed by atoms with Gasteiger partial charge in [0.15, 0.2) is 0 Å². The van der Waals surface area contributed by atoms with Crippen LogP contribution in [0.5, 0.6) is 0 Å². The summed E-state index contributed by atoms with van der Waals surface area (Å²) in [6.07, 6.45) is 4.36. The van der Waals surface area contributed by atoms with Crippen molar-refractivity contribution >= 4 is 65.5 Å². The average Bonchev–Trinajstić information content (AvgIpc) is 3.32. The van der Waals surface area contributed by atoms with Gasteiger partial charge in [0.2, 0.25) is 5.91 Å². The molecule has 142 valence electrons. The molecule has 0 aromatic heterocycles. The maximum Gasteiger partial charge on any atom is 0.239 e. The molecule has 1 aliphatic carbocycles. The van der Waals surface area contributed by atoms with Crippen molar-refractivity contribution in [1.29, 1.82) is 0 Å². The number of carbonyl (C=O) groups excluding carboxylic acids is 1. The first-order valence-corrected chi connectivity index (χ1v) is 14.9. The molecule has 25 heavy (non-hydrogen) atoms. The standard InChI is InChI=1S/C16H22N2O.Cl5P/c17-15-9-8-14(13-4-2-1-3-5-13)11-18(16(15)19)10-12-6-7-12;1-6(2,3,4)5/h1-5,12,14-15H,6-11,17H2;/t14-,15-;/m1./s1. The Balaban J connectivity index is 0.000000326. The van der Waals surface area contributed by atoms with Crippen molar-refractivity contribution in [3.8, 4) is 0 Å². The Hall–Kier alpha value is 0.530. The molecule has 1 heterocycles. The van der Waals surface area contributed by atoms with Crippen LogP contribution in [-0.2, 0) is 4.79 Å². The number of carbonyl (C=O) groups is 1. The Bertz CT molecular complexity index is 572. The molecular formula is C16H22Cl5N2OP. The molecular weight excluding hydrogens is 444 g/mol. The van der Waals surface area contributed by atoms with E-state index in [-0.39, 0.29) is 11.9 Å². The van der Waals surface area contributed by atoms with Gasteiger partial charge in [-0.05, 0) is 37.2 Å². The van der Waals surface area contributed by atoms with E-state index in [4.69, 9.17) is 61.9 Å². The third-order valence-electron chi connectivity index (χ3n) is 4.34. The van der Waals surface area contributed by atoms with Crippen molar-refractivity contribution < 1.29 is 4.79 Å². The van der Waals surface area contributed by atoms with E-state index in [1.54, 1.807) is 0 Å². The van der Waals surface area contributed by atoms with Crippen LogP contribution in [0.15, 0.2) is 30.3 Å². The molecule has 2 atom stereocenters. The van der Waals surface area contributed by atoms with Crippen molar-refractivity contribution in [2.75, 3.05) is 13.1 Å². The molecule has 2 fully saturated rings. The summed E-state index contributed by atoms with van der Waals surface area (Å²) < 4.78 is -3.69. The van der Waals surface area contributed by atoms with Crippen molar-refractivity contribution in [2.45, 2.75) is 37.6 Å². The third-order valence-corrected chi connectivity index (χ3v) is 4.34. The Labute approximate surface area is 172 Å². The smallest absolute Gasteiger partial charge is 0.239 e. The second-order valence-corrected chi connectivity index (χ2v) is 23.2. The Morgan fingerprint density at radius 1 is 1.00 bits per heavy atom. The minimum Gasteiger partial charge on any atom is -0.340 e. The molecule has 1 saturated heterocycles. The topological polar surface area (TPSA) is 46.3 Å². The number of rotatable bonds is 3. The molecule has 3 rings (SSSR count). The number of benzene rings is 1. The van der Waals surface area contributed by atoms with E-state index in [9.17, 15) is 4.79 Å². The summed E-state index contributed by atoms with van der Waals surface area (Å²) in [4.78, 5) is 14.3. The SMILES string of the molecule is ClP(Cl)(Cl)(Cl)Cl.N[C@@H]1CC[C@@H](c2ccccc2)CN(CC2CC2)C1=O. The maximum absolute atomic E-state index is 12.3. The fourth-order valence-corrected chi connectivity index (χ4v) is 2.96. The molecule has 2 aliphatic rings. The zero-order valence-electron chi connectivity index (χ0n) is 13.6. The third kappa shape index (κ3) is 9.33. The molecule has 0 bridgehead atoms. The first-order valence-electron chi connectivity index (χ1n) is 8.18. The van der Waals surface area contributed by atoms with E-state index in [0.717, 1.165) is 31.8 Å². The van der Waals surface area contributed by atoms with Crippen LogP contribution in [0.2, 0.25) is 0 Å². The molecule has 0 radical (unpaired) electrons. The number of nitrogens with two attached hydrogens (primary N) is 1. The number of likely N-dealkylation sites (tertiary alicyclic amines) is 1. The molecule has 0 spiro atoms. The molecule has 3 nitrogen and oxygen atoms in total. The minimum atomic E-state index is -3.69. The van der Waals surface area contributed by atoms with Gasteiger partial charge in [-0.15, -0.1) is 0 Å². The van der Waals surface area contributed by atoms with Crippen molar-refractivity contribution in [2.24, 2.45) is 11.7 Å². The number of amides is 1. The van der Waals surface area contributed by atoms with Crippen LogP contribution >= 0.6 is 59.6 Å². The molecule has 1 aromatic carbocycles. The van der Waals surface area contributed by atoms with Gasteiger partial charge in [-0.3, -0.25) is 4.79 Å². The fourth-order valence-electron chi connectivity index (χ4n) is 2.96. The van der Waals surface area contributed by atoms with E-state index in [0.29, 0.717) is 5.92 Å². The fraction of sp³-hybridized carbons (Fsp3) is 0.562. The summed E-state index contributed by atoms with van der Waals surface area (Å²) in [6, 6.07) is 10.2. The minimum absolute atomic E-state index is 0.158. The van der Waals surface area contributed by atoms with Crippen LogP contribution in [0.25, 0.3) is 0 Å². The summed E-state index contributed by atoms with van der Waals surface area (Å²) in [7, 11) is 0. The van der Waals surface area contributed by atoms with Crippen molar-refractivity contribution in [3.05, 3.63) is 35.9 Å². The van der Waals surface area contributed by atoms with Crippen LogP contribution in [0.4, 0.5) is 0 Å². The van der Waals surface area contributed by atoms with Gasteiger partial charge in [-0.25, -0.2) is 0 Å². The van der Waals surface area contributed by atoms with Crippen molar-refractivity contribution in [1.82, 2.24) is 4.90 Å². The van der Waals surface area contributed by atoms with E-state index in [2.05, 4.69) is 24.3 Å². The van der Waals surface area contributed by atoms with Crippen LogP contribution in [0.3, 0.4) is 0 Å². The first kappa shape index (κ1) is 21.8. The quantitative estimate of drug-likeness (QED) is 0.521. The summed E-state index contributed by atoms with van der Waals surface area (Å²) >= 11 is 24.9.